The van der Waals surface area contributed by atoms with Crippen molar-refractivity contribution in [2.75, 3.05) is 0 Å². The summed E-state index contributed by atoms with van der Waals surface area (Å²) in [6.45, 7) is 4.60. The van der Waals surface area contributed by atoms with E-state index >= 15 is 0 Å². The van der Waals surface area contributed by atoms with Crippen molar-refractivity contribution in [1.82, 2.24) is 4.72 Å². The van der Waals surface area contributed by atoms with Crippen LogP contribution in [0.4, 0.5) is 8.78 Å². The quantitative estimate of drug-likeness (QED) is 0.846. The molecule has 1 atom stereocenters. The van der Waals surface area contributed by atoms with Crippen LogP contribution in [0.3, 0.4) is 0 Å². The van der Waals surface area contributed by atoms with Crippen molar-refractivity contribution in [2.45, 2.75) is 44.7 Å². The molecule has 0 aliphatic rings. The van der Waals surface area contributed by atoms with Gasteiger partial charge in [0.1, 0.15) is 10.7 Å². The van der Waals surface area contributed by atoms with Crippen LogP contribution in [0.15, 0.2) is 17.0 Å². The molecule has 0 aliphatic heterocycles. The number of hydrogen-bond donors (Lipinski definition) is 2. The van der Waals surface area contributed by atoms with Crippen LogP contribution < -0.4 is 4.72 Å². The monoisotopic (exact) mass is 307 g/mol. The van der Waals surface area contributed by atoms with E-state index in [9.17, 15) is 17.2 Å². The minimum absolute atomic E-state index is 0.0376. The van der Waals surface area contributed by atoms with Gasteiger partial charge in [0, 0.05) is 6.04 Å². The van der Waals surface area contributed by atoms with Crippen LogP contribution in [0.2, 0.25) is 0 Å². The first-order valence-electron chi connectivity index (χ1n) is 6.34. The molecule has 0 aliphatic carbocycles. The molecule has 0 amide bonds. The van der Waals surface area contributed by atoms with E-state index in [1.54, 1.807) is 0 Å². The number of nitrogens with one attached hydrogen (secondary N) is 1. The predicted molar refractivity (Wildman–Crippen MR) is 71.5 cm³/mol. The molecular weight excluding hydrogens is 288 g/mol. The lowest BCUT2D eigenvalue weighted by molar-refractivity contribution is 0.267. The van der Waals surface area contributed by atoms with Gasteiger partial charge in [0.05, 0.1) is 12.2 Å². The van der Waals surface area contributed by atoms with Crippen molar-refractivity contribution in [3.05, 3.63) is 29.3 Å². The van der Waals surface area contributed by atoms with Crippen LogP contribution >= 0.6 is 0 Å². The van der Waals surface area contributed by atoms with Gasteiger partial charge in [0.15, 0.2) is 5.82 Å². The van der Waals surface area contributed by atoms with Gasteiger partial charge in [-0.3, -0.25) is 0 Å². The number of benzene rings is 1. The first-order valence-corrected chi connectivity index (χ1v) is 7.83. The largest absolute Gasteiger partial charge is 0.391 e. The van der Waals surface area contributed by atoms with Crippen LogP contribution in [0.5, 0.6) is 0 Å². The number of aliphatic hydroxyl groups is 1. The molecule has 0 spiro atoms. The average Bonchev–Trinajstić information content (AvgIpc) is 2.35. The van der Waals surface area contributed by atoms with E-state index in [-0.39, 0.29) is 12.0 Å². The summed E-state index contributed by atoms with van der Waals surface area (Å²) in [5, 5.41) is 8.91. The maximum Gasteiger partial charge on any atom is 0.243 e. The molecule has 0 radical (unpaired) electrons. The molecule has 1 rings (SSSR count). The van der Waals surface area contributed by atoms with Crippen molar-refractivity contribution in [2.24, 2.45) is 5.92 Å². The second-order valence-corrected chi connectivity index (χ2v) is 6.56. The zero-order valence-corrected chi connectivity index (χ0v) is 12.5. The van der Waals surface area contributed by atoms with E-state index in [4.69, 9.17) is 5.11 Å². The summed E-state index contributed by atoms with van der Waals surface area (Å²) in [4.78, 5) is -0.651. The minimum atomic E-state index is -4.10. The molecule has 0 fully saturated rings. The fourth-order valence-corrected chi connectivity index (χ4v) is 3.45. The molecule has 2 N–H and O–H groups in total. The second kappa shape index (κ2) is 6.60. The molecule has 1 unspecified atom stereocenters. The number of rotatable bonds is 6. The van der Waals surface area contributed by atoms with Crippen molar-refractivity contribution in [1.29, 1.82) is 0 Å². The molecule has 1 aromatic carbocycles. The van der Waals surface area contributed by atoms with Gasteiger partial charge in [-0.25, -0.2) is 21.9 Å². The van der Waals surface area contributed by atoms with Crippen LogP contribution in [0.1, 0.15) is 32.8 Å². The first kappa shape index (κ1) is 17.0. The molecule has 0 bridgehead atoms. The molecule has 0 heterocycles. The Hall–Kier alpha value is -1.05. The molecule has 4 nitrogen and oxygen atoms in total. The molecule has 114 valence electrons. The average molecular weight is 307 g/mol. The number of hydrogen-bond acceptors (Lipinski definition) is 3. The molecule has 20 heavy (non-hydrogen) atoms. The van der Waals surface area contributed by atoms with E-state index in [2.05, 4.69) is 4.72 Å². The molecule has 0 saturated carbocycles. The highest BCUT2D eigenvalue weighted by Crippen LogP contribution is 2.22. The summed E-state index contributed by atoms with van der Waals surface area (Å²) in [6.07, 6.45) is 0.548. The summed E-state index contributed by atoms with van der Waals surface area (Å²) in [5.74, 6) is -2.19. The molecule has 0 saturated heterocycles. The lowest BCUT2D eigenvalue weighted by Crippen LogP contribution is -2.38. The Kier molecular flexibility index (Phi) is 5.61. The topological polar surface area (TPSA) is 66.4 Å². The summed E-state index contributed by atoms with van der Waals surface area (Å²) in [6, 6.07) is 1.35. The van der Waals surface area contributed by atoms with Gasteiger partial charge >= 0.3 is 0 Å². The Bertz CT molecular complexity index is 573. The summed E-state index contributed by atoms with van der Waals surface area (Å²) >= 11 is 0. The van der Waals surface area contributed by atoms with Gasteiger partial charge in [0.25, 0.3) is 0 Å². The van der Waals surface area contributed by atoms with E-state index in [1.807, 2.05) is 20.8 Å². The zero-order valence-electron chi connectivity index (χ0n) is 11.7. The smallest absolute Gasteiger partial charge is 0.243 e. The third-order valence-electron chi connectivity index (χ3n) is 3.15. The van der Waals surface area contributed by atoms with Gasteiger partial charge in [-0.2, -0.15) is 0 Å². The van der Waals surface area contributed by atoms with E-state index in [0.29, 0.717) is 6.42 Å². The normalized spacial score (nSPS) is 13.8. The van der Waals surface area contributed by atoms with E-state index in [0.717, 1.165) is 12.1 Å². The Morgan fingerprint density at radius 1 is 1.30 bits per heavy atom. The lowest BCUT2D eigenvalue weighted by Gasteiger charge is -2.21. The fraction of sp³-hybridized carbons (Fsp3) is 0.538. The molecule has 0 aromatic heterocycles. The van der Waals surface area contributed by atoms with Crippen LogP contribution in [-0.4, -0.2) is 19.6 Å². The van der Waals surface area contributed by atoms with Gasteiger partial charge in [0.2, 0.25) is 10.0 Å². The van der Waals surface area contributed by atoms with E-state index < -0.39 is 38.7 Å². The van der Waals surface area contributed by atoms with Crippen molar-refractivity contribution in [3.8, 4) is 0 Å². The maximum absolute atomic E-state index is 14.0. The third-order valence-corrected chi connectivity index (χ3v) is 4.66. The van der Waals surface area contributed by atoms with Crippen LogP contribution in [0, 0.1) is 17.6 Å². The Balaban J connectivity index is 3.23. The standard InChI is InChI=1S/C13H19F2NO3S/c1-4-11(8(2)3)16-20(18,19)12-6-5-10(14)9(7-17)13(12)15/h5-6,8,11,16-17H,4,7H2,1-3H3. The summed E-state index contributed by atoms with van der Waals surface area (Å²) < 4.78 is 53.9. The van der Waals surface area contributed by atoms with Crippen molar-refractivity contribution >= 4 is 10.0 Å². The van der Waals surface area contributed by atoms with Gasteiger partial charge < -0.3 is 5.11 Å². The third kappa shape index (κ3) is 3.53. The SMILES string of the molecule is CCC(NS(=O)(=O)c1ccc(F)c(CO)c1F)C(C)C. The zero-order chi connectivity index (χ0) is 15.5. The predicted octanol–water partition coefficient (Wildman–Crippen LogP) is 2.17. The Morgan fingerprint density at radius 2 is 1.90 bits per heavy atom. The second-order valence-electron chi connectivity index (χ2n) is 4.88. The Labute approximate surface area is 117 Å². The summed E-state index contributed by atoms with van der Waals surface area (Å²) in [5.41, 5.74) is -0.648. The molecule has 7 heteroatoms. The molecule has 1 aromatic rings. The van der Waals surface area contributed by atoms with Gasteiger partial charge in [-0.05, 0) is 24.5 Å². The minimum Gasteiger partial charge on any atom is -0.391 e. The number of aliphatic hydroxyl groups excluding tert-OH is 1. The maximum atomic E-state index is 14.0. The van der Waals surface area contributed by atoms with Gasteiger partial charge in [-0.1, -0.05) is 20.8 Å². The van der Waals surface area contributed by atoms with Crippen molar-refractivity contribution in [3.63, 3.8) is 0 Å². The van der Waals surface area contributed by atoms with E-state index in [1.165, 1.54) is 0 Å². The highest BCUT2D eigenvalue weighted by molar-refractivity contribution is 7.89. The molecular formula is C13H19F2NO3S. The van der Waals surface area contributed by atoms with Crippen molar-refractivity contribution < 1.29 is 22.3 Å². The fourth-order valence-electron chi connectivity index (χ4n) is 1.88. The van der Waals surface area contributed by atoms with Crippen LogP contribution in [-0.2, 0) is 16.6 Å². The highest BCUT2D eigenvalue weighted by Gasteiger charge is 2.26. The number of sulfonamides is 1. The Morgan fingerprint density at radius 3 is 2.35 bits per heavy atom. The first-order chi connectivity index (χ1) is 9.24. The summed E-state index contributed by atoms with van der Waals surface area (Å²) in [7, 11) is -4.10. The number of halogens is 2. The van der Waals surface area contributed by atoms with Gasteiger partial charge in [-0.15, -0.1) is 0 Å². The van der Waals surface area contributed by atoms with Crippen LogP contribution in [0.25, 0.3) is 0 Å². The lowest BCUT2D eigenvalue weighted by atomic mass is 10.0. The highest BCUT2D eigenvalue weighted by atomic mass is 32.2.